The first-order valence-corrected chi connectivity index (χ1v) is 7.30. The molecule has 3 N–H and O–H groups in total. The molecule has 1 aliphatic rings. The molecular formula is C16H14N6O. The van der Waals surface area contributed by atoms with Crippen molar-refractivity contribution in [2.75, 3.05) is 13.1 Å². The Bertz CT molecular complexity index is 1000. The predicted molar refractivity (Wildman–Crippen MR) is 90.9 cm³/mol. The van der Waals surface area contributed by atoms with Crippen molar-refractivity contribution in [3.63, 3.8) is 0 Å². The highest BCUT2D eigenvalue weighted by atomic mass is 16.1. The maximum Gasteiger partial charge on any atom is 0.215 e. The molecule has 1 aromatic carbocycles. The molecule has 114 valence electrons. The smallest absolute Gasteiger partial charge is 0.215 e. The molecule has 4 rings (SSSR count). The van der Waals surface area contributed by atoms with E-state index in [4.69, 9.17) is 0 Å². The van der Waals surface area contributed by atoms with Crippen LogP contribution in [0.3, 0.4) is 0 Å². The molecule has 0 unspecified atom stereocenters. The van der Waals surface area contributed by atoms with Crippen molar-refractivity contribution >= 4 is 34.1 Å². The number of aliphatic imine (C=N–C) groups is 1. The van der Waals surface area contributed by atoms with E-state index in [0.29, 0.717) is 22.4 Å². The van der Waals surface area contributed by atoms with Gasteiger partial charge in [0.1, 0.15) is 5.52 Å². The van der Waals surface area contributed by atoms with Gasteiger partial charge < -0.3 is 10.3 Å². The third-order valence-corrected chi connectivity index (χ3v) is 3.67. The van der Waals surface area contributed by atoms with Crippen LogP contribution in [0.15, 0.2) is 51.4 Å². The number of hydrogen-bond acceptors (Lipinski definition) is 6. The van der Waals surface area contributed by atoms with Crippen molar-refractivity contribution in [3.05, 3.63) is 52.3 Å². The number of hydrogen-bond donors (Lipinski definition) is 3. The van der Waals surface area contributed by atoms with Gasteiger partial charge in [-0.25, -0.2) is 10.4 Å². The van der Waals surface area contributed by atoms with Gasteiger partial charge in [-0.1, -0.05) is 12.1 Å². The molecule has 3 aromatic rings. The number of nitrogens with one attached hydrogen (secondary N) is 3. The van der Waals surface area contributed by atoms with Gasteiger partial charge in [-0.3, -0.25) is 9.78 Å². The molecule has 0 aliphatic carbocycles. The second kappa shape index (κ2) is 5.53. The largest absolute Gasteiger partial charge is 0.353 e. The lowest BCUT2D eigenvalue weighted by Crippen LogP contribution is -2.30. The Morgan fingerprint density at radius 2 is 2.22 bits per heavy atom. The van der Waals surface area contributed by atoms with E-state index in [-0.39, 0.29) is 5.43 Å². The summed E-state index contributed by atoms with van der Waals surface area (Å²) >= 11 is 0. The van der Waals surface area contributed by atoms with E-state index in [9.17, 15) is 4.79 Å². The third kappa shape index (κ3) is 2.42. The van der Waals surface area contributed by atoms with Crippen molar-refractivity contribution in [3.8, 4) is 0 Å². The van der Waals surface area contributed by atoms with Crippen molar-refractivity contribution in [1.82, 2.24) is 20.7 Å². The average molecular weight is 306 g/mol. The zero-order valence-corrected chi connectivity index (χ0v) is 12.2. The summed E-state index contributed by atoms with van der Waals surface area (Å²) in [4.78, 5) is 24.2. The van der Waals surface area contributed by atoms with Gasteiger partial charge in [-0.15, -0.1) is 0 Å². The number of H-pyrrole nitrogens is 1. The number of rotatable bonds is 2. The van der Waals surface area contributed by atoms with Crippen LogP contribution in [-0.2, 0) is 0 Å². The lowest BCUT2D eigenvalue weighted by molar-refractivity contribution is 0.920. The number of nitrogens with zero attached hydrogens (tertiary/aromatic N) is 3. The van der Waals surface area contributed by atoms with E-state index in [1.165, 1.54) is 0 Å². The molecule has 7 nitrogen and oxygen atoms in total. The molecule has 0 bridgehead atoms. The average Bonchev–Trinajstić information content (AvgIpc) is 3.09. The molecule has 2 aromatic heterocycles. The fourth-order valence-electron chi connectivity index (χ4n) is 2.59. The van der Waals surface area contributed by atoms with Gasteiger partial charge in [0.25, 0.3) is 0 Å². The van der Waals surface area contributed by atoms with Gasteiger partial charge in [0.05, 0.1) is 23.8 Å². The molecule has 0 radical (unpaired) electrons. The molecular weight excluding hydrogens is 292 g/mol. The summed E-state index contributed by atoms with van der Waals surface area (Å²) in [5.74, 6) is 0.657. The monoisotopic (exact) mass is 306 g/mol. The summed E-state index contributed by atoms with van der Waals surface area (Å²) < 4.78 is 0. The van der Waals surface area contributed by atoms with Crippen LogP contribution in [0.25, 0.3) is 21.9 Å². The van der Waals surface area contributed by atoms with Crippen LogP contribution in [-0.4, -0.2) is 35.2 Å². The Morgan fingerprint density at radius 1 is 1.26 bits per heavy atom. The Balaban J connectivity index is 1.80. The van der Waals surface area contributed by atoms with Gasteiger partial charge in [-0.05, 0) is 18.2 Å². The summed E-state index contributed by atoms with van der Waals surface area (Å²) in [6.07, 6.45) is 3.29. The maximum absolute atomic E-state index is 12.6. The number of guanidine groups is 1. The van der Waals surface area contributed by atoms with Gasteiger partial charge in [-0.2, -0.15) is 5.10 Å². The Kier molecular flexibility index (Phi) is 3.23. The highest BCUT2D eigenvalue weighted by Gasteiger charge is 2.08. The van der Waals surface area contributed by atoms with E-state index >= 15 is 0 Å². The Morgan fingerprint density at radius 3 is 3.09 bits per heavy atom. The van der Waals surface area contributed by atoms with Gasteiger partial charge >= 0.3 is 0 Å². The van der Waals surface area contributed by atoms with Gasteiger partial charge in [0, 0.05) is 23.7 Å². The number of fused-ring (bicyclic) bond motifs is 2. The first-order chi connectivity index (χ1) is 11.3. The maximum atomic E-state index is 12.6. The minimum atomic E-state index is -0.0839. The summed E-state index contributed by atoms with van der Waals surface area (Å²) in [5.41, 5.74) is 5.47. The van der Waals surface area contributed by atoms with Crippen LogP contribution in [0.4, 0.5) is 0 Å². The fraction of sp³-hybridized carbons (Fsp3) is 0.125. The van der Waals surface area contributed by atoms with E-state index in [1.807, 2.05) is 18.2 Å². The van der Waals surface area contributed by atoms with Crippen molar-refractivity contribution < 1.29 is 0 Å². The van der Waals surface area contributed by atoms with Crippen molar-refractivity contribution in [2.24, 2.45) is 10.1 Å². The van der Waals surface area contributed by atoms with E-state index < -0.39 is 0 Å². The quantitative estimate of drug-likeness (QED) is 0.373. The van der Waals surface area contributed by atoms with Gasteiger partial charge in [0.2, 0.25) is 11.4 Å². The second-order valence-electron chi connectivity index (χ2n) is 5.15. The number of aromatic nitrogens is 2. The minimum Gasteiger partial charge on any atom is -0.353 e. The SMILES string of the molecule is O=c1c2cccc(/C=N/NC3=NCCN3)c2[nH]c2cccnc12. The van der Waals surface area contributed by atoms with E-state index in [2.05, 4.69) is 30.8 Å². The first-order valence-electron chi connectivity index (χ1n) is 7.30. The lowest BCUT2D eigenvalue weighted by atomic mass is 10.1. The van der Waals surface area contributed by atoms with Crippen LogP contribution in [0.1, 0.15) is 5.56 Å². The predicted octanol–water partition coefficient (Wildman–Crippen LogP) is 0.959. The molecule has 1 aliphatic heterocycles. The number of pyridine rings is 2. The summed E-state index contributed by atoms with van der Waals surface area (Å²) in [6.45, 7) is 1.57. The highest BCUT2D eigenvalue weighted by molar-refractivity contribution is 6.01. The van der Waals surface area contributed by atoms with Gasteiger partial charge in [0.15, 0.2) is 0 Å². The molecule has 7 heteroatoms. The Labute approximate surface area is 131 Å². The molecule has 0 fully saturated rings. The lowest BCUT2D eigenvalue weighted by Gasteiger charge is -2.05. The standard InChI is InChI=1S/C16H14N6O/c23-15-11-4-1-3-10(9-20-22-16-18-7-8-19-16)13(11)21-12-5-2-6-17-14(12)15/h1-6,9H,7-8H2,(H,21,23)(H2,18,19,22)/b20-9+. The van der Waals surface area contributed by atoms with Crippen LogP contribution in [0.5, 0.6) is 0 Å². The van der Waals surface area contributed by atoms with E-state index in [1.54, 1.807) is 24.5 Å². The summed E-state index contributed by atoms with van der Waals surface area (Å²) in [7, 11) is 0. The van der Waals surface area contributed by atoms with Crippen LogP contribution in [0, 0.1) is 0 Å². The Hall–Kier alpha value is -3.22. The number of aromatic amines is 1. The molecule has 0 spiro atoms. The molecule has 23 heavy (non-hydrogen) atoms. The second-order valence-corrected chi connectivity index (χ2v) is 5.15. The summed E-state index contributed by atoms with van der Waals surface area (Å²) in [5, 5.41) is 7.84. The third-order valence-electron chi connectivity index (χ3n) is 3.67. The zero-order valence-electron chi connectivity index (χ0n) is 12.2. The molecule has 3 heterocycles. The molecule has 0 amide bonds. The topological polar surface area (TPSA) is 94.5 Å². The highest BCUT2D eigenvalue weighted by Crippen LogP contribution is 2.15. The fourth-order valence-corrected chi connectivity index (χ4v) is 2.59. The number of hydrazone groups is 1. The van der Waals surface area contributed by atoms with Crippen LogP contribution >= 0.6 is 0 Å². The molecule has 0 saturated carbocycles. The van der Waals surface area contributed by atoms with Crippen LogP contribution < -0.4 is 16.2 Å². The molecule has 0 atom stereocenters. The summed E-state index contributed by atoms with van der Waals surface area (Å²) in [6, 6.07) is 9.16. The van der Waals surface area contributed by atoms with Crippen molar-refractivity contribution in [1.29, 1.82) is 0 Å². The molecule has 0 saturated heterocycles. The first kappa shape index (κ1) is 13.4. The number of benzene rings is 1. The zero-order chi connectivity index (χ0) is 15.6. The number of para-hydroxylation sites is 1. The van der Waals surface area contributed by atoms with E-state index in [0.717, 1.165) is 24.2 Å². The van der Waals surface area contributed by atoms with Crippen molar-refractivity contribution in [2.45, 2.75) is 0 Å². The normalized spacial score (nSPS) is 14.3. The minimum absolute atomic E-state index is 0.0839. The van der Waals surface area contributed by atoms with Crippen LogP contribution in [0.2, 0.25) is 0 Å².